The van der Waals surface area contributed by atoms with E-state index in [1.165, 1.54) is 43.5 Å². The Kier molecular flexibility index (Phi) is 6.07. The topological polar surface area (TPSA) is 114 Å². The molecule has 1 amide bonds. The Bertz CT molecular complexity index is 808. The molecule has 0 aliphatic rings. The number of hydrogen-bond donors (Lipinski definition) is 2. The number of benzene rings is 2. The second-order valence-corrected chi connectivity index (χ2v) is 5.86. The van der Waals surface area contributed by atoms with Crippen molar-refractivity contribution in [3.05, 3.63) is 62.6 Å². The number of non-ortho nitro benzene ring substituents is 1. The summed E-state index contributed by atoms with van der Waals surface area (Å²) in [4.78, 5) is 22.0. The molecule has 0 bridgehead atoms. The third-order valence-corrected chi connectivity index (χ3v) is 3.59. The van der Waals surface area contributed by atoms with Gasteiger partial charge in [-0.05, 0) is 37.3 Å². The minimum absolute atomic E-state index is 0.0244. The normalized spacial score (nSPS) is 11.9. The molecule has 2 aromatic carbocycles. The third kappa shape index (κ3) is 5.28. The van der Waals surface area contributed by atoms with Gasteiger partial charge in [0.2, 0.25) is 0 Å². The summed E-state index contributed by atoms with van der Waals surface area (Å²) in [6, 6.07) is 10.2. The van der Waals surface area contributed by atoms with Crippen molar-refractivity contribution in [2.45, 2.75) is 13.0 Å². The standard InChI is InChI=1S/C16H14BrN3O5/c1-10(25-14-5-3-13(4-6-14)20(23)24)16(22)19-18-9-11-8-12(17)2-7-15(11)21/h2-10,21H,1H3,(H,19,22)/b18-9+. The van der Waals surface area contributed by atoms with Gasteiger partial charge in [0.15, 0.2) is 6.10 Å². The van der Waals surface area contributed by atoms with Crippen LogP contribution in [0.5, 0.6) is 11.5 Å². The number of hydrazone groups is 1. The van der Waals surface area contributed by atoms with Crippen LogP contribution in [0.4, 0.5) is 5.69 Å². The Labute approximate surface area is 151 Å². The van der Waals surface area contributed by atoms with E-state index in [1.807, 2.05) is 0 Å². The van der Waals surface area contributed by atoms with Crippen molar-refractivity contribution in [3.8, 4) is 11.5 Å². The molecular weight excluding hydrogens is 394 g/mol. The van der Waals surface area contributed by atoms with Gasteiger partial charge >= 0.3 is 0 Å². The van der Waals surface area contributed by atoms with E-state index in [0.29, 0.717) is 11.3 Å². The summed E-state index contributed by atoms with van der Waals surface area (Å²) in [6.07, 6.45) is 0.436. The highest BCUT2D eigenvalue weighted by Gasteiger charge is 2.14. The van der Waals surface area contributed by atoms with Crippen molar-refractivity contribution in [1.29, 1.82) is 0 Å². The Balaban J connectivity index is 1.92. The Hall–Kier alpha value is -2.94. The lowest BCUT2D eigenvalue weighted by Gasteiger charge is -2.12. The van der Waals surface area contributed by atoms with E-state index in [1.54, 1.807) is 12.1 Å². The van der Waals surface area contributed by atoms with Crippen LogP contribution in [-0.4, -0.2) is 28.3 Å². The van der Waals surface area contributed by atoms with Gasteiger partial charge in [0.25, 0.3) is 11.6 Å². The number of phenolic OH excluding ortho intramolecular Hbond substituents is 1. The van der Waals surface area contributed by atoms with Crippen LogP contribution in [0.1, 0.15) is 12.5 Å². The first kappa shape index (κ1) is 18.4. The summed E-state index contributed by atoms with van der Waals surface area (Å²) in [6.45, 7) is 1.52. The number of carbonyl (C=O) groups excluding carboxylic acids is 1. The molecule has 0 saturated carbocycles. The van der Waals surface area contributed by atoms with Gasteiger partial charge in [-0.15, -0.1) is 0 Å². The number of nitrogens with zero attached hydrogens (tertiary/aromatic N) is 2. The van der Waals surface area contributed by atoms with Crippen LogP contribution >= 0.6 is 15.9 Å². The van der Waals surface area contributed by atoms with Crippen molar-refractivity contribution >= 4 is 33.7 Å². The minimum Gasteiger partial charge on any atom is -0.507 e. The van der Waals surface area contributed by atoms with Crippen LogP contribution < -0.4 is 10.2 Å². The second-order valence-electron chi connectivity index (χ2n) is 4.95. The van der Waals surface area contributed by atoms with E-state index in [0.717, 1.165) is 4.47 Å². The number of amides is 1. The fraction of sp³-hybridized carbons (Fsp3) is 0.125. The molecule has 0 saturated heterocycles. The van der Waals surface area contributed by atoms with E-state index in [9.17, 15) is 20.0 Å². The summed E-state index contributed by atoms with van der Waals surface area (Å²) in [5, 5.41) is 24.0. The lowest BCUT2D eigenvalue weighted by molar-refractivity contribution is -0.384. The number of nitro groups is 1. The van der Waals surface area contributed by atoms with E-state index in [-0.39, 0.29) is 11.4 Å². The maximum atomic E-state index is 11.9. The van der Waals surface area contributed by atoms with Crippen LogP contribution in [0, 0.1) is 10.1 Å². The minimum atomic E-state index is -0.866. The maximum absolute atomic E-state index is 11.9. The van der Waals surface area contributed by atoms with Crippen molar-refractivity contribution in [3.63, 3.8) is 0 Å². The first-order chi connectivity index (χ1) is 11.9. The summed E-state index contributed by atoms with van der Waals surface area (Å²) < 4.78 is 6.15. The lowest BCUT2D eigenvalue weighted by Crippen LogP contribution is -2.33. The van der Waals surface area contributed by atoms with Gasteiger partial charge in [0.05, 0.1) is 11.1 Å². The predicted octanol–water partition coefficient (Wildman–Crippen LogP) is 2.98. The molecule has 0 aliphatic heterocycles. The molecule has 0 aliphatic carbocycles. The lowest BCUT2D eigenvalue weighted by atomic mass is 10.2. The average Bonchev–Trinajstić information content (AvgIpc) is 2.58. The highest BCUT2D eigenvalue weighted by Crippen LogP contribution is 2.20. The first-order valence-corrected chi connectivity index (χ1v) is 7.88. The monoisotopic (exact) mass is 407 g/mol. The van der Waals surface area contributed by atoms with Crippen LogP contribution in [0.2, 0.25) is 0 Å². The van der Waals surface area contributed by atoms with Gasteiger partial charge in [-0.2, -0.15) is 5.10 Å². The number of carbonyl (C=O) groups is 1. The predicted molar refractivity (Wildman–Crippen MR) is 94.7 cm³/mol. The molecule has 1 unspecified atom stereocenters. The van der Waals surface area contributed by atoms with E-state index < -0.39 is 16.9 Å². The fourth-order valence-electron chi connectivity index (χ4n) is 1.79. The molecule has 1 atom stereocenters. The molecule has 130 valence electrons. The highest BCUT2D eigenvalue weighted by atomic mass is 79.9. The second kappa shape index (κ2) is 8.25. The number of aromatic hydroxyl groups is 1. The fourth-order valence-corrected chi connectivity index (χ4v) is 2.17. The van der Waals surface area contributed by atoms with E-state index >= 15 is 0 Å². The number of ether oxygens (including phenoxy) is 1. The molecule has 2 rings (SSSR count). The van der Waals surface area contributed by atoms with Crippen LogP contribution in [0.3, 0.4) is 0 Å². The molecule has 0 spiro atoms. The molecular formula is C16H14BrN3O5. The van der Waals surface area contributed by atoms with Gasteiger partial charge < -0.3 is 9.84 Å². The quantitative estimate of drug-likeness (QED) is 0.433. The zero-order valence-corrected chi connectivity index (χ0v) is 14.6. The zero-order chi connectivity index (χ0) is 18.4. The molecule has 2 aromatic rings. The number of nitrogens with one attached hydrogen (secondary N) is 1. The number of halogens is 1. The molecule has 0 radical (unpaired) electrons. The van der Waals surface area contributed by atoms with Crippen LogP contribution in [-0.2, 0) is 4.79 Å². The summed E-state index contributed by atoms with van der Waals surface area (Å²) in [5.74, 6) is -0.165. The van der Waals surface area contributed by atoms with Gasteiger partial charge in [-0.3, -0.25) is 14.9 Å². The first-order valence-electron chi connectivity index (χ1n) is 7.09. The van der Waals surface area contributed by atoms with Gasteiger partial charge in [0.1, 0.15) is 11.5 Å². The molecule has 25 heavy (non-hydrogen) atoms. The summed E-state index contributed by atoms with van der Waals surface area (Å²) in [5.41, 5.74) is 2.66. The van der Waals surface area contributed by atoms with Crippen LogP contribution in [0.25, 0.3) is 0 Å². The summed E-state index contributed by atoms with van der Waals surface area (Å²) in [7, 11) is 0. The number of phenols is 1. The van der Waals surface area contributed by atoms with Gasteiger partial charge in [-0.25, -0.2) is 5.43 Å². The molecule has 2 N–H and O–H groups in total. The molecule has 0 heterocycles. The maximum Gasteiger partial charge on any atom is 0.280 e. The molecule has 8 nitrogen and oxygen atoms in total. The average molecular weight is 408 g/mol. The smallest absolute Gasteiger partial charge is 0.280 e. The Morgan fingerprint density at radius 2 is 2.04 bits per heavy atom. The van der Waals surface area contributed by atoms with Crippen LogP contribution in [0.15, 0.2) is 52.0 Å². The van der Waals surface area contributed by atoms with Crippen molar-refractivity contribution in [2.24, 2.45) is 5.10 Å². The largest absolute Gasteiger partial charge is 0.507 e. The SMILES string of the molecule is CC(Oc1ccc([N+](=O)[O-])cc1)C(=O)N/N=C/c1cc(Br)ccc1O. The van der Waals surface area contributed by atoms with Gasteiger partial charge in [0, 0.05) is 22.2 Å². The summed E-state index contributed by atoms with van der Waals surface area (Å²) >= 11 is 3.27. The number of hydrogen-bond acceptors (Lipinski definition) is 6. The number of rotatable bonds is 6. The van der Waals surface area contributed by atoms with Gasteiger partial charge in [-0.1, -0.05) is 15.9 Å². The molecule has 0 fully saturated rings. The molecule has 9 heteroatoms. The molecule has 0 aromatic heterocycles. The van der Waals surface area contributed by atoms with Crippen molar-refractivity contribution in [1.82, 2.24) is 5.43 Å². The Morgan fingerprint density at radius 1 is 1.36 bits per heavy atom. The number of nitro benzene ring substituents is 1. The zero-order valence-electron chi connectivity index (χ0n) is 13.0. The van der Waals surface area contributed by atoms with E-state index in [2.05, 4.69) is 26.5 Å². The van der Waals surface area contributed by atoms with Crippen molar-refractivity contribution < 1.29 is 19.6 Å². The third-order valence-electron chi connectivity index (χ3n) is 3.10. The van der Waals surface area contributed by atoms with Crippen molar-refractivity contribution in [2.75, 3.05) is 0 Å². The highest BCUT2D eigenvalue weighted by molar-refractivity contribution is 9.10. The Morgan fingerprint density at radius 3 is 2.68 bits per heavy atom. The van der Waals surface area contributed by atoms with E-state index in [4.69, 9.17) is 4.74 Å².